The highest BCUT2D eigenvalue weighted by molar-refractivity contribution is 5.64. The fourth-order valence-electron chi connectivity index (χ4n) is 4.60. The van der Waals surface area contributed by atoms with Gasteiger partial charge in [-0.25, -0.2) is 4.79 Å². The van der Waals surface area contributed by atoms with Gasteiger partial charge in [0.25, 0.3) is 0 Å². The van der Waals surface area contributed by atoms with Crippen LogP contribution < -0.4 is 34.4 Å². The normalized spacial score (nSPS) is 50.0. The van der Waals surface area contributed by atoms with Gasteiger partial charge >= 0.3 is 6.09 Å². The zero-order valence-electron chi connectivity index (χ0n) is 19.4. The molecular formula is C19H38N6O11. The van der Waals surface area contributed by atoms with E-state index < -0.39 is 104 Å². The van der Waals surface area contributed by atoms with E-state index in [9.17, 15) is 30.3 Å². The zero-order valence-corrected chi connectivity index (χ0v) is 19.4. The highest BCUT2D eigenvalue weighted by Crippen LogP contribution is 2.31. The van der Waals surface area contributed by atoms with E-state index >= 15 is 0 Å². The van der Waals surface area contributed by atoms with E-state index in [1.165, 1.54) is 0 Å². The first-order valence-electron chi connectivity index (χ1n) is 11.5. The summed E-state index contributed by atoms with van der Waals surface area (Å²) in [5, 5.41) is 52.0. The molecule has 15 atom stereocenters. The highest BCUT2D eigenvalue weighted by atomic mass is 16.7. The maximum absolute atomic E-state index is 11.1. The maximum atomic E-state index is 11.1. The molecule has 0 spiro atoms. The highest BCUT2D eigenvalue weighted by Gasteiger charge is 2.51. The number of aliphatic hydroxyl groups excluding tert-OH is 5. The minimum absolute atomic E-state index is 0.0888. The number of hydrogen-bond donors (Lipinski definition) is 11. The van der Waals surface area contributed by atoms with Crippen molar-refractivity contribution in [3.63, 3.8) is 0 Å². The monoisotopic (exact) mass is 526 g/mol. The second-order valence-electron chi connectivity index (χ2n) is 9.32. The molecule has 0 radical (unpaired) electrons. The Labute approximate surface area is 206 Å². The van der Waals surface area contributed by atoms with Crippen LogP contribution in [-0.2, 0) is 23.7 Å². The van der Waals surface area contributed by atoms with Crippen LogP contribution in [0.4, 0.5) is 4.79 Å². The first-order chi connectivity index (χ1) is 16.9. The van der Waals surface area contributed by atoms with Crippen molar-refractivity contribution in [2.45, 2.75) is 98.1 Å². The van der Waals surface area contributed by atoms with E-state index in [-0.39, 0.29) is 13.0 Å². The van der Waals surface area contributed by atoms with Crippen molar-refractivity contribution in [2.75, 3.05) is 13.2 Å². The lowest BCUT2D eigenvalue weighted by Crippen LogP contribution is -2.69. The molecule has 1 amide bonds. The molecule has 36 heavy (non-hydrogen) atoms. The Hall–Kier alpha value is -1.29. The molecule has 17 nitrogen and oxygen atoms in total. The average molecular weight is 527 g/mol. The maximum Gasteiger partial charge on any atom is 0.404 e. The Morgan fingerprint density at radius 1 is 0.750 bits per heavy atom. The average Bonchev–Trinajstić information content (AvgIpc) is 2.83. The molecule has 0 unspecified atom stereocenters. The van der Waals surface area contributed by atoms with Gasteiger partial charge in [-0.05, 0) is 6.42 Å². The van der Waals surface area contributed by atoms with E-state index in [0.29, 0.717) is 0 Å². The molecule has 0 aromatic rings. The Morgan fingerprint density at radius 2 is 1.31 bits per heavy atom. The summed E-state index contributed by atoms with van der Waals surface area (Å²) in [6, 6.07) is -4.11. The Balaban J connectivity index is 1.72. The molecule has 1 saturated carbocycles. The molecule has 210 valence electrons. The van der Waals surface area contributed by atoms with Gasteiger partial charge in [0.15, 0.2) is 12.6 Å². The van der Waals surface area contributed by atoms with Crippen molar-refractivity contribution in [2.24, 2.45) is 34.4 Å². The number of ether oxygens (including phenoxy) is 5. The van der Waals surface area contributed by atoms with Crippen molar-refractivity contribution in [3.05, 3.63) is 0 Å². The number of carbonyl (C=O) groups is 1. The van der Waals surface area contributed by atoms with Crippen LogP contribution in [0.25, 0.3) is 0 Å². The topological polar surface area (TPSA) is 320 Å². The summed E-state index contributed by atoms with van der Waals surface area (Å²) in [6.07, 6.45) is -15.6. The van der Waals surface area contributed by atoms with Crippen LogP contribution in [0.3, 0.4) is 0 Å². The lowest BCUT2D eigenvalue weighted by atomic mass is 9.84. The fourth-order valence-corrected chi connectivity index (χ4v) is 4.60. The summed E-state index contributed by atoms with van der Waals surface area (Å²) < 4.78 is 27.3. The molecule has 0 aromatic heterocycles. The van der Waals surface area contributed by atoms with Crippen LogP contribution in [0.1, 0.15) is 6.42 Å². The van der Waals surface area contributed by atoms with Gasteiger partial charge in [0.05, 0.1) is 12.1 Å². The summed E-state index contributed by atoms with van der Waals surface area (Å²) in [6.45, 7) is -0.607. The van der Waals surface area contributed by atoms with E-state index in [1.807, 2.05) is 0 Å². The van der Waals surface area contributed by atoms with E-state index in [1.54, 1.807) is 0 Å². The predicted octanol–water partition coefficient (Wildman–Crippen LogP) is -7.22. The largest absolute Gasteiger partial charge is 0.447 e. The molecule has 3 aliphatic rings. The molecule has 1 aliphatic carbocycles. The van der Waals surface area contributed by atoms with E-state index in [0.717, 1.165) is 0 Å². The minimum Gasteiger partial charge on any atom is -0.447 e. The summed E-state index contributed by atoms with van der Waals surface area (Å²) in [5.41, 5.74) is 34.6. The Kier molecular flexibility index (Phi) is 9.80. The van der Waals surface area contributed by atoms with Crippen molar-refractivity contribution in [3.8, 4) is 0 Å². The number of aliphatic hydroxyl groups is 5. The summed E-state index contributed by atoms with van der Waals surface area (Å²) in [7, 11) is 0. The Bertz CT molecular complexity index is 740. The standard InChI is InChI=1S/C19H38N6O11/c20-2-6-11(27)12(28)9(24)17(33-6)35-15-4(21)1-5(22)16(14(15)30)36-18-13(29)8(23)10(26)7(34-18)3-32-19(25)31/h4-18,26-30H,1-3,20-24H2,(H2,25,31)/t4-,5+,6-,7+,8-,9-,10+,11-,12-,13+,14-,15+,16+,17-,18-/m0/s1. The van der Waals surface area contributed by atoms with Gasteiger partial charge in [-0.2, -0.15) is 0 Å². The summed E-state index contributed by atoms with van der Waals surface area (Å²) >= 11 is 0. The molecule has 0 bridgehead atoms. The molecular weight excluding hydrogens is 488 g/mol. The van der Waals surface area contributed by atoms with Crippen LogP contribution in [-0.4, -0.2) is 136 Å². The van der Waals surface area contributed by atoms with Gasteiger partial charge in [0.2, 0.25) is 0 Å². The van der Waals surface area contributed by atoms with Crippen LogP contribution in [0.15, 0.2) is 0 Å². The molecule has 0 aromatic carbocycles. The smallest absolute Gasteiger partial charge is 0.404 e. The van der Waals surface area contributed by atoms with Gasteiger partial charge in [-0.1, -0.05) is 0 Å². The minimum atomic E-state index is -1.55. The molecule has 2 aliphatic heterocycles. The van der Waals surface area contributed by atoms with Gasteiger partial charge in [0.1, 0.15) is 61.5 Å². The van der Waals surface area contributed by atoms with Crippen LogP contribution >= 0.6 is 0 Å². The summed E-state index contributed by atoms with van der Waals surface area (Å²) in [4.78, 5) is 10.9. The predicted molar refractivity (Wildman–Crippen MR) is 118 cm³/mol. The lowest BCUT2D eigenvalue weighted by molar-refractivity contribution is -0.318. The quantitative estimate of drug-likeness (QED) is 0.147. The lowest BCUT2D eigenvalue weighted by Gasteiger charge is -2.48. The van der Waals surface area contributed by atoms with E-state index in [2.05, 4.69) is 4.74 Å². The molecule has 3 rings (SSSR count). The third-order valence-corrected chi connectivity index (χ3v) is 6.77. The SMILES string of the molecule is NC[C@@H]1O[C@@H](O[C@H]2[C@H](O)[C@H](O[C@@H]3O[C@H](COC(N)=O)[C@@H](O)[C@H](N)[C@H]3O)[C@H](N)C[C@@H]2N)[C@@H](N)[C@H](O)[C@H]1O. The van der Waals surface area contributed by atoms with Gasteiger partial charge < -0.3 is 83.6 Å². The molecule has 17 N–H and O–H groups in total. The van der Waals surface area contributed by atoms with Crippen molar-refractivity contribution in [1.29, 1.82) is 0 Å². The molecule has 17 heteroatoms. The first-order valence-corrected chi connectivity index (χ1v) is 11.5. The Morgan fingerprint density at radius 3 is 1.86 bits per heavy atom. The van der Waals surface area contributed by atoms with Crippen molar-refractivity contribution >= 4 is 6.09 Å². The number of nitrogens with two attached hydrogens (primary N) is 6. The third kappa shape index (κ3) is 6.05. The van der Waals surface area contributed by atoms with Crippen molar-refractivity contribution in [1.82, 2.24) is 0 Å². The molecule has 2 heterocycles. The van der Waals surface area contributed by atoms with Crippen LogP contribution in [0.5, 0.6) is 0 Å². The van der Waals surface area contributed by atoms with Crippen LogP contribution in [0, 0.1) is 0 Å². The second kappa shape index (κ2) is 12.0. The number of carbonyl (C=O) groups excluding carboxylic acids is 1. The van der Waals surface area contributed by atoms with E-state index in [4.69, 9.17) is 53.3 Å². The number of rotatable bonds is 7. The van der Waals surface area contributed by atoms with Crippen LogP contribution in [0.2, 0.25) is 0 Å². The van der Waals surface area contributed by atoms with Gasteiger partial charge in [0, 0.05) is 18.6 Å². The summed E-state index contributed by atoms with van der Waals surface area (Å²) in [5.74, 6) is 0. The van der Waals surface area contributed by atoms with Crippen molar-refractivity contribution < 1.29 is 54.0 Å². The molecule has 2 saturated heterocycles. The number of amides is 1. The third-order valence-electron chi connectivity index (χ3n) is 6.77. The number of hydrogen-bond acceptors (Lipinski definition) is 16. The molecule has 3 fully saturated rings. The second-order valence-corrected chi connectivity index (χ2v) is 9.32. The zero-order chi connectivity index (χ0) is 26.9. The number of primary amides is 1. The van der Waals surface area contributed by atoms with Gasteiger partial charge in [-0.3, -0.25) is 0 Å². The van der Waals surface area contributed by atoms with Gasteiger partial charge in [-0.15, -0.1) is 0 Å². The fraction of sp³-hybridized carbons (Fsp3) is 0.947. The first kappa shape index (κ1) is 29.3.